The van der Waals surface area contributed by atoms with Gasteiger partial charge in [-0.1, -0.05) is 0 Å². The van der Waals surface area contributed by atoms with Crippen LogP contribution in [0.3, 0.4) is 0 Å². The number of hydrogen-bond acceptors (Lipinski definition) is 0. The van der Waals surface area contributed by atoms with Crippen molar-refractivity contribution in [1.82, 2.24) is 0 Å². The van der Waals surface area contributed by atoms with Gasteiger partial charge in [-0.25, -0.2) is 0 Å². The molecule has 0 aliphatic heterocycles. The number of allylic oxidation sites excluding steroid dienone is 4. The standard InChI is InChI=1S/C8H11.3CH3.Zr/c1-2-5-8-6-3-4-7-8;;;;/h3,6H,2,4-5H2,1H3;3*1H3;. The molecule has 0 radical (unpaired) electrons. The van der Waals surface area contributed by atoms with Gasteiger partial charge in [0.2, 0.25) is 0 Å². The second kappa shape index (κ2) is 4.05. The summed E-state index contributed by atoms with van der Waals surface area (Å²) < 4.78 is 9.41. The van der Waals surface area contributed by atoms with Crippen molar-refractivity contribution >= 4 is 0 Å². The van der Waals surface area contributed by atoms with Crippen LogP contribution in [0.1, 0.15) is 26.2 Å². The molecule has 1 aliphatic carbocycles. The van der Waals surface area contributed by atoms with Crippen molar-refractivity contribution in [2.45, 2.75) is 40.1 Å². The van der Waals surface area contributed by atoms with E-state index in [2.05, 4.69) is 33.0 Å². The first kappa shape index (κ1) is 10.4. The zero-order chi connectivity index (χ0) is 9.19. The van der Waals surface area contributed by atoms with Gasteiger partial charge >= 0.3 is 81.4 Å². The molecule has 0 bridgehead atoms. The van der Waals surface area contributed by atoms with Gasteiger partial charge in [-0.05, 0) is 0 Å². The molecule has 0 aromatic carbocycles. The van der Waals surface area contributed by atoms with Crippen molar-refractivity contribution in [3.05, 3.63) is 21.0 Å². The molecule has 0 N–H and O–H groups in total. The third kappa shape index (κ3) is 2.42. The first-order valence-corrected chi connectivity index (χ1v) is 13.5. The zero-order valence-electron chi connectivity index (χ0n) is 8.78. The van der Waals surface area contributed by atoms with E-state index in [0.717, 1.165) is 0 Å². The van der Waals surface area contributed by atoms with Crippen LogP contribution in [-0.2, 0) is 20.3 Å². The van der Waals surface area contributed by atoms with Crippen LogP contribution in [0.15, 0.2) is 21.0 Å². The van der Waals surface area contributed by atoms with Gasteiger partial charge in [-0.3, -0.25) is 0 Å². The summed E-state index contributed by atoms with van der Waals surface area (Å²) in [5.74, 6) is 0. The summed E-state index contributed by atoms with van der Waals surface area (Å²) in [6, 6.07) is 0. The molecule has 12 heavy (non-hydrogen) atoms. The van der Waals surface area contributed by atoms with Crippen molar-refractivity contribution in [2.75, 3.05) is 0 Å². The summed E-state index contributed by atoms with van der Waals surface area (Å²) in [7, 11) is 0. The Labute approximate surface area is 81.2 Å². The fourth-order valence-corrected chi connectivity index (χ4v) is 6.52. The third-order valence-electron chi connectivity index (χ3n) is 2.45. The molecule has 1 rings (SSSR count). The van der Waals surface area contributed by atoms with E-state index >= 15 is 0 Å². The van der Waals surface area contributed by atoms with Crippen molar-refractivity contribution in [3.8, 4) is 0 Å². The Morgan fingerprint density at radius 1 is 1.33 bits per heavy atom. The molecule has 0 saturated heterocycles. The molecule has 1 aliphatic rings. The minimum absolute atomic E-state index is 1.27. The average molecular weight is 244 g/mol. The summed E-state index contributed by atoms with van der Waals surface area (Å²) >= 11 is -1.71. The van der Waals surface area contributed by atoms with Crippen molar-refractivity contribution < 1.29 is 20.3 Å². The van der Waals surface area contributed by atoms with E-state index in [-0.39, 0.29) is 0 Å². The molecule has 0 fully saturated rings. The number of hydrogen-bond donors (Lipinski definition) is 0. The van der Waals surface area contributed by atoms with Crippen LogP contribution >= 0.6 is 0 Å². The molecule has 0 nitrogen and oxygen atoms in total. The fraction of sp³-hybridized carbons (Fsp3) is 0.636. The Balaban J connectivity index is 2.81. The summed E-state index contributed by atoms with van der Waals surface area (Å²) in [6.45, 7) is 2.27. The van der Waals surface area contributed by atoms with Gasteiger partial charge < -0.3 is 0 Å². The second-order valence-electron chi connectivity index (χ2n) is 4.61. The van der Waals surface area contributed by atoms with Crippen LogP contribution in [0.2, 0.25) is 13.9 Å². The van der Waals surface area contributed by atoms with Crippen LogP contribution in [0, 0.1) is 0 Å². The monoisotopic (exact) mass is 242 g/mol. The molecular formula is C11H20Zr. The molecule has 68 valence electrons. The first-order chi connectivity index (χ1) is 5.55. The second-order valence-corrected chi connectivity index (χ2v) is 17.2. The third-order valence-corrected chi connectivity index (χ3v) is 8.20. The van der Waals surface area contributed by atoms with E-state index in [1.165, 1.54) is 19.3 Å². The summed E-state index contributed by atoms with van der Waals surface area (Å²) in [4.78, 5) is 0. The van der Waals surface area contributed by atoms with E-state index in [9.17, 15) is 0 Å². The fourth-order valence-electron chi connectivity index (χ4n) is 1.84. The number of rotatable bonds is 3. The molecule has 0 aromatic rings. The SMILES string of the molecule is CCCC1=[C]([Zr]([CH3])([CH3])[CH3])CC=C1. The van der Waals surface area contributed by atoms with Gasteiger partial charge in [-0.2, -0.15) is 0 Å². The molecular weight excluding hydrogens is 223 g/mol. The summed E-state index contributed by atoms with van der Waals surface area (Å²) in [6.07, 6.45) is 8.59. The van der Waals surface area contributed by atoms with Crippen LogP contribution in [0.25, 0.3) is 0 Å². The molecule has 1 heteroatoms. The van der Waals surface area contributed by atoms with Crippen molar-refractivity contribution in [3.63, 3.8) is 0 Å². The Morgan fingerprint density at radius 2 is 2.00 bits per heavy atom. The molecule has 0 atom stereocenters. The maximum absolute atomic E-state index is 2.52. The van der Waals surface area contributed by atoms with Crippen LogP contribution in [0.5, 0.6) is 0 Å². The zero-order valence-corrected chi connectivity index (χ0v) is 11.2. The summed E-state index contributed by atoms with van der Waals surface area (Å²) in [5, 5.41) is 0. The van der Waals surface area contributed by atoms with E-state index in [1.54, 1.807) is 5.57 Å². The Kier molecular flexibility index (Phi) is 3.52. The van der Waals surface area contributed by atoms with Crippen LogP contribution in [-0.4, -0.2) is 0 Å². The van der Waals surface area contributed by atoms with Gasteiger partial charge in [0, 0.05) is 0 Å². The predicted molar refractivity (Wildman–Crippen MR) is 53.3 cm³/mol. The van der Waals surface area contributed by atoms with Gasteiger partial charge in [-0.15, -0.1) is 0 Å². The van der Waals surface area contributed by atoms with Crippen molar-refractivity contribution in [2.24, 2.45) is 0 Å². The quantitative estimate of drug-likeness (QED) is 0.693. The van der Waals surface area contributed by atoms with E-state index in [1.807, 2.05) is 3.28 Å². The van der Waals surface area contributed by atoms with Crippen LogP contribution < -0.4 is 0 Å². The molecule has 0 spiro atoms. The van der Waals surface area contributed by atoms with E-state index in [4.69, 9.17) is 0 Å². The van der Waals surface area contributed by atoms with Crippen LogP contribution in [0.4, 0.5) is 0 Å². The Morgan fingerprint density at radius 3 is 2.50 bits per heavy atom. The molecule has 0 aromatic heterocycles. The van der Waals surface area contributed by atoms with Gasteiger partial charge in [0.1, 0.15) is 0 Å². The predicted octanol–water partition coefficient (Wildman–Crippen LogP) is 4.30. The molecule has 0 saturated carbocycles. The van der Waals surface area contributed by atoms with Crippen molar-refractivity contribution in [1.29, 1.82) is 0 Å². The van der Waals surface area contributed by atoms with E-state index in [0.29, 0.717) is 0 Å². The molecule has 0 heterocycles. The normalized spacial score (nSPS) is 17.7. The van der Waals surface area contributed by atoms with Gasteiger partial charge in [0.05, 0.1) is 0 Å². The van der Waals surface area contributed by atoms with Gasteiger partial charge in [0.25, 0.3) is 0 Å². The Hall–Kier alpha value is 0.363. The van der Waals surface area contributed by atoms with Gasteiger partial charge in [0.15, 0.2) is 0 Å². The topological polar surface area (TPSA) is 0 Å². The van der Waals surface area contributed by atoms with E-state index < -0.39 is 20.3 Å². The maximum atomic E-state index is 2.52. The molecule has 0 unspecified atom stereocenters. The first-order valence-electron chi connectivity index (χ1n) is 4.94. The minimum atomic E-state index is -1.71. The summed E-state index contributed by atoms with van der Waals surface area (Å²) in [5.41, 5.74) is 1.68. The Bertz CT molecular complexity index is 216. The molecule has 0 amide bonds. The average Bonchev–Trinajstić information content (AvgIpc) is 2.34.